The maximum atomic E-state index is 5.83. The maximum Gasteiger partial charge on any atom is 0.191 e. The minimum absolute atomic E-state index is 0. The lowest BCUT2D eigenvalue weighted by atomic mass is 9.94. The van der Waals surface area contributed by atoms with Gasteiger partial charge in [-0.3, -0.25) is 9.89 Å². The molecule has 1 atom stereocenters. The molecule has 170 valence electrons. The first-order valence-electron chi connectivity index (χ1n) is 10.7. The summed E-state index contributed by atoms with van der Waals surface area (Å²) in [5.74, 6) is 1.74. The Balaban J connectivity index is 0.00000320. The monoisotopic (exact) mass is 532 g/mol. The van der Waals surface area contributed by atoms with Crippen LogP contribution in [-0.2, 0) is 9.47 Å². The molecule has 2 aliphatic rings. The molecule has 3 rings (SSSR count). The number of aliphatic imine (C=N–C) groups is 1. The molecule has 2 fully saturated rings. The van der Waals surface area contributed by atoms with Gasteiger partial charge in [0.05, 0.1) is 18.8 Å². The van der Waals surface area contributed by atoms with Crippen molar-refractivity contribution in [2.24, 2.45) is 4.99 Å². The Morgan fingerprint density at radius 3 is 2.50 bits per heavy atom. The fraction of sp³-hybridized carbons (Fsp3) is 0.682. The number of hydrogen-bond acceptors (Lipinski definition) is 5. The minimum atomic E-state index is -0.188. The molecule has 0 bridgehead atoms. The molecule has 2 N–H and O–H groups in total. The zero-order valence-corrected chi connectivity index (χ0v) is 20.8. The molecule has 2 aliphatic heterocycles. The largest absolute Gasteiger partial charge is 0.496 e. The van der Waals surface area contributed by atoms with Crippen LogP contribution in [0.15, 0.2) is 29.3 Å². The summed E-state index contributed by atoms with van der Waals surface area (Å²) in [6, 6.07) is 8.56. The number of halogens is 1. The number of methoxy groups -OCH3 is 2. The Morgan fingerprint density at radius 2 is 1.87 bits per heavy atom. The first-order chi connectivity index (χ1) is 14.2. The predicted molar refractivity (Wildman–Crippen MR) is 131 cm³/mol. The van der Waals surface area contributed by atoms with Crippen molar-refractivity contribution in [2.45, 2.75) is 37.3 Å². The van der Waals surface area contributed by atoms with E-state index in [0.717, 1.165) is 63.9 Å². The predicted octanol–water partition coefficient (Wildman–Crippen LogP) is 2.81. The number of ether oxygens (including phenoxy) is 3. The van der Waals surface area contributed by atoms with Crippen LogP contribution in [0, 0.1) is 0 Å². The molecule has 0 saturated carbocycles. The number of guanidine groups is 1. The highest BCUT2D eigenvalue weighted by Gasteiger charge is 2.33. The molecule has 1 unspecified atom stereocenters. The lowest BCUT2D eigenvalue weighted by Crippen LogP contribution is -2.51. The second-order valence-corrected chi connectivity index (χ2v) is 7.81. The van der Waals surface area contributed by atoms with Gasteiger partial charge >= 0.3 is 0 Å². The highest BCUT2D eigenvalue weighted by Crippen LogP contribution is 2.31. The van der Waals surface area contributed by atoms with E-state index in [2.05, 4.69) is 32.7 Å². The van der Waals surface area contributed by atoms with Crippen LogP contribution in [0.3, 0.4) is 0 Å². The van der Waals surface area contributed by atoms with Gasteiger partial charge in [-0.25, -0.2) is 0 Å². The maximum absolute atomic E-state index is 5.83. The molecular weight excluding hydrogens is 495 g/mol. The second kappa shape index (κ2) is 12.7. The number of para-hydroxylation sites is 1. The summed E-state index contributed by atoms with van der Waals surface area (Å²) in [6.07, 6.45) is 4.28. The highest BCUT2D eigenvalue weighted by atomic mass is 127. The first kappa shape index (κ1) is 25.2. The van der Waals surface area contributed by atoms with Crippen molar-refractivity contribution in [1.82, 2.24) is 15.5 Å². The molecule has 30 heavy (non-hydrogen) atoms. The molecule has 1 aromatic rings. The van der Waals surface area contributed by atoms with Crippen molar-refractivity contribution in [2.75, 3.05) is 60.7 Å². The van der Waals surface area contributed by atoms with Crippen molar-refractivity contribution < 1.29 is 14.2 Å². The number of nitrogens with zero attached hydrogens (tertiary/aromatic N) is 2. The van der Waals surface area contributed by atoms with Gasteiger partial charge in [0.15, 0.2) is 5.96 Å². The Kier molecular flexibility index (Phi) is 10.6. The van der Waals surface area contributed by atoms with E-state index in [9.17, 15) is 0 Å². The van der Waals surface area contributed by atoms with E-state index in [4.69, 9.17) is 14.2 Å². The fourth-order valence-electron chi connectivity index (χ4n) is 4.29. The highest BCUT2D eigenvalue weighted by molar-refractivity contribution is 14.0. The summed E-state index contributed by atoms with van der Waals surface area (Å²) >= 11 is 0. The third kappa shape index (κ3) is 6.45. The van der Waals surface area contributed by atoms with Crippen LogP contribution < -0.4 is 15.4 Å². The summed E-state index contributed by atoms with van der Waals surface area (Å²) in [5.41, 5.74) is 1.03. The van der Waals surface area contributed by atoms with Gasteiger partial charge in [-0.05, 0) is 32.0 Å². The lowest BCUT2D eigenvalue weighted by Gasteiger charge is -2.36. The second-order valence-electron chi connectivity index (χ2n) is 7.81. The van der Waals surface area contributed by atoms with Gasteiger partial charge in [-0.15, -0.1) is 24.0 Å². The van der Waals surface area contributed by atoms with E-state index in [-0.39, 0.29) is 35.6 Å². The molecule has 7 nitrogen and oxygen atoms in total. The van der Waals surface area contributed by atoms with Gasteiger partial charge in [0, 0.05) is 58.9 Å². The molecule has 0 aromatic heterocycles. The Labute approximate surface area is 197 Å². The molecule has 0 aliphatic carbocycles. The average Bonchev–Trinajstić information content (AvgIpc) is 3.31. The number of benzene rings is 1. The standard InChI is InChI=1S/C22H36N4O3.HI/c1-23-21(25-17-22(28-3)10-14-29-15-11-22)24-16-19(26-12-6-7-13-26)18-8-4-5-9-20(18)27-2;/h4-5,8-9,19H,6-7,10-17H2,1-3H3,(H2,23,24,25);1H. The van der Waals surface area contributed by atoms with Gasteiger partial charge in [0.2, 0.25) is 0 Å². The zero-order valence-electron chi connectivity index (χ0n) is 18.5. The van der Waals surface area contributed by atoms with Gasteiger partial charge in [-0.1, -0.05) is 18.2 Å². The molecule has 8 heteroatoms. The number of likely N-dealkylation sites (tertiary alicyclic amines) is 1. The number of nitrogens with one attached hydrogen (secondary N) is 2. The van der Waals surface area contributed by atoms with E-state index >= 15 is 0 Å². The molecule has 0 radical (unpaired) electrons. The van der Waals surface area contributed by atoms with E-state index in [0.29, 0.717) is 0 Å². The van der Waals surface area contributed by atoms with Gasteiger partial charge in [0.25, 0.3) is 0 Å². The molecule has 0 amide bonds. The topological polar surface area (TPSA) is 67.4 Å². The number of rotatable bonds is 8. The van der Waals surface area contributed by atoms with Crippen LogP contribution in [-0.4, -0.2) is 77.1 Å². The van der Waals surface area contributed by atoms with Crippen LogP contribution >= 0.6 is 24.0 Å². The average molecular weight is 532 g/mol. The quantitative estimate of drug-likeness (QED) is 0.305. The van der Waals surface area contributed by atoms with Crippen molar-refractivity contribution in [3.63, 3.8) is 0 Å². The van der Waals surface area contributed by atoms with E-state index in [1.165, 1.54) is 18.4 Å². The van der Waals surface area contributed by atoms with Crippen molar-refractivity contribution in [1.29, 1.82) is 0 Å². The van der Waals surface area contributed by atoms with Crippen LogP contribution in [0.5, 0.6) is 5.75 Å². The molecule has 1 aromatic carbocycles. The summed E-state index contributed by atoms with van der Waals surface area (Å²) in [6.45, 7) is 5.20. The van der Waals surface area contributed by atoms with Crippen LogP contribution in [0.2, 0.25) is 0 Å². The first-order valence-corrected chi connectivity index (χ1v) is 10.7. The van der Waals surface area contributed by atoms with Crippen molar-refractivity contribution in [3.8, 4) is 5.75 Å². The van der Waals surface area contributed by atoms with Crippen molar-refractivity contribution in [3.05, 3.63) is 29.8 Å². The van der Waals surface area contributed by atoms with Crippen LogP contribution in [0.25, 0.3) is 0 Å². The summed E-state index contributed by atoms with van der Waals surface area (Å²) in [5, 5.41) is 7.00. The summed E-state index contributed by atoms with van der Waals surface area (Å²) in [7, 11) is 5.34. The molecular formula is C22H37IN4O3. The smallest absolute Gasteiger partial charge is 0.191 e. The normalized spacial score (nSPS) is 20.3. The Hall–Kier alpha value is -1.10. The van der Waals surface area contributed by atoms with Crippen molar-refractivity contribution >= 4 is 29.9 Å². The minimum Gasteiger partial charge on any atom is -0.496 e. The Morgan fingerprint density at radius 1 is 1.17 bits per heavy atom. The Bertz CT molecular complexity index is 662. The summed E-state index contributed by atoms with van der Waals surface area (Å²) < 4.78 is 17.0. The third-order valence-electron chi connectivity index (χ3n) is 6.18. The van der Waals surface area contributed by atoms with Crippen LogP contribution in [0.1, 0.15) is 37.3 Å². The molecule has 0 spiro atoms. The SMILES string of the molecule is CN=C(NCC(c1ccccc1OC)N1CCCC1)NCC1(OC)CCOCC1.I. The van der Waals surface area contributed by atoms with E-state index in [1.54, 1.807) is 14.2 Å². The fourth-order valence-corrected chi connectivity index (χ4v) is 4.29. The van der Waals surface area contributed by atoms with Crippen LogP contribution in [0.4, 0.5) is 0 Å². The number of hydrogen-bond donors (Lipinski definition) is 2. The van der Waals surface area contributed by atoms with Gasteiger partial charge < -0.3 is 24.8 Å². The van der Waals surface area contributed by atoms with E-state index in [1.807, 2.05) is 19.2 Å². The third-order valence-corrected chi connectivity index (χ3v) is 6.18. The molecule has 2 saturated heterocycles. The lowest BCUT2D eigenvalue weighted by molar-refractivity contribution is -0.0855. The molecule has 2 heterocycles. The van der Waals surface area contributed by atoms with Gasteiger partial charge in [-0.2, -0.15) is 0 Å². The zero-order chi connectivity index (χ0) is 20.5. The van der Waals surface area contributed by atoms with E-state index < -0.39 is 0 Å². The summed E-state index contributed by atoms with van der Waals surface area (Å²) in [4.78, 5) is 6.97. The van der Waals surface area contributed by atoms with Gasteiger partial charge in [0.1, 0.15) is 5.75 Å².